The van der Waals surface area contributed by atoms with Crippen LogP contribution in [0.2, 0.25) is 0 Å². The molecule has 1 saturated heterocycles. The molecule has 1 aromatic rings. The minimum absolute atomic E-state index is 0.326. The van der Waals surface area contributed by atoms with Crippen LogP contribution in [0.25, 0.3) is 0 Å². The van der Waals surface area contributed by atoms with Crippen LogP contribution in [0.1, 0.15) is 36.2 Å². The van der Waals surface area contributed by atoms with Gasteiger partial charge in [0.25, 0.3) is 0 Å². The van der Waals surface area contributed by atoms with Crippen LogP contribution in [0.5, 0.6) is 0 Å². The number of alkyl halides is 1. The lowest BCUT2D eigenvalue weighted by atomic mass is 9.96. The molecule has 1 nitrogen and oxygen atoms in total. The molecule has 1 heterocycles. The van der Waals surface area contributed by atoms with Crippen LogP contribution < -0.4 is 0 Å². The zero-order valence-corrected chi connectivity index (χ0v) is 11.5. The zero-order chi connectivity index (χ0) is 11.5. The maximum absolute atomic E-state index is 5.79. The summed E-state index contributed by atoms with van der Waals surface area (Å²) >= 11 is 3.77. The van der Waals surface area contributed by atoms with Crippen molar-refractivity contribution in [2.24, 2.45) is 5.92 Å². The third kappa shape index (κ3) is 2.49. The SMILES string of the molecule is CCc1ccc(C(Br)C2OCCC2C)cc1. The average molecular weight is 283 g/mol. The molecule has 88 valence electrons. The summed E-state index contributed by atoms with van der Waals surface area (Å²) in [4.78, 5) is 0.330. The maximum atomic E-state index is 5.79. The number of ether oxygens (including phenoxy) is 1. The molecule has 2 rings (SSSR count). The van der Waals surface area contributed by atoms with E-state index < -0.39 is 0 Å². The Morgan fingerprint density at radius 2 is 2.06 bits per heavy atom. The molecule has 0 aliphatic carbocycles. The van der Waals surface area contributed by atoms with Gasteiger partial charge in [-0.15, -0.1) is 0 Å². The molecule has 16 heavy (non-hydrogen) atoms. The van der Waals surface area contributed by atoms with Crippen LogP contribution in [0.3, 0.4) is 0 Å². The lowest BCUT2D eigenvalue weighted by molar-refractivity contribution is 0.0935. The van der Waals surface area contributed by atoms with Crippen LogP contribution in [-0.2, 0) is 11.2 Å². The van der Waals surface area contributed by atoms with Crippen molar-refractivity contribution >= 4 is 15.9 Å². The maximum Gasteiger partial charge on any atom is 0.0767 e. The molecule has 1 aliphatic rings. The fourth-order valence-electron chi connectivity index (χ4n) is 2.22. The number of halogens is 1. The predicted octanol–water partition coefficient (Wildman–Crippen LogP) is 4.11. The van der Waals surface area contributed by atoms with E-state index in [4.69, 9.17) is 4.74 Å². The van der Waals surface area contributed by atoms with Gasteiger partial charge in [0.2, 0.25) is 0 Å². The first-order valence-corrected chi connectivity index (χ1v) is 6.98. The van der Waals surface area contributed by atoms with E-state index in [1.807, 2.05) is 0 Å². The van der Waals surface area contributed by atoms with E-state index in [1.165, 1.54) is 17.5 Å². The standard InChI is InChI=1S/C14H19BrO/c1-3-11-4-6-12(7-5-11)13(15)14-10(2)8-9-16-14/h4-7,10,13-14H,3,8-9H2,1-2H3. The molecule has 0 N–H and O–H groups in total. The van der Waals surface area contributed by atoms with Crippen LogP contribution in [0.15, 0.2) is 24.3 Å². The third-order valence-corrected chi connectivity index (χ3v) is 4.49. The van der Waals surface area contributed by atoms with Crippen molar-refractivity contribution in [2.45, 2.75) is 37.6 Å². The normalized spacial score (nSPS) is 26.9. The molecule has 0 aromatic heterocycles. The number of hydrogen-bond donors (Lipinski definition) is 0. The second-order valence-electron chi connectivity index (χ2n) is 4.60. The van der Waals surface area contributed by atoms with Crippen LogP contribution in [0.4, 0.5) is 0 Å². The number of benzene rings is 1. The number of rotatable bonds is 3. The second-order valence-corrected chi connectivity index (χ2v) is 5.58. The summed E-state index contributed by atoms with van der Waals surface area (Å²) in [6.45, 7) is 5.36. The summed E-state index contributed by atoms with van der Waals surface area (Å²) < 4.78 is 5.79. The highest BCUT2D eigenvalue weighted by atomic mass is 79.9. The first kappa shape index (κ1) is 12.1. The molecule has 3 unspecified atom stereocenters. The fourth-order valence-corrected chi connectivity index (χ4v) is 3.20. The van der Waals surface area contributed by atoms with Crippen molar-refractivity contribution in [1.29, 1.82) is 0 Å². The van der Waals surface area contributed by atoms with Gasteiger partial charge in [-0.2, -0.15) is 0 Å². The van der Waals surface area contributed by atoms with Gasteiger partial charge in [0, 0.05) is 6.61 Å². The molecule has 3 atom stereocenters. The minimum Gasteiger partial charge on any atom is -0.376 e. The van der Waals surface area contributed by atoms with Crippen molar-refractivity contribution in [1.82, 2.24) is 0 Å². The highest BCUT2D eigenvalue weighted by Crippen LogP contribution is 2.37. The minimum atomic E-state index is 0.326. The van der Waals surface area contributed by atoms with Gasteiger partial charge >= 0.3 is 0 Å². The summed E-state index contributed by atoms with van der Waals surface area (Å²) in [5, 5.41) is 0. The Bertz CT molecular complexity index is 333. The lowest BCUT2D eigenvalue weighted by Gasteiger charge is -2.21. The van der Waals surface area contributed by atoms with E-state index in [-0.39, 0.29) is 0 Å². The fraction of sp³-hybridized carbons (Fsp3) is 0.571. The van der Waals surface area contributed by atoms with Gasteiger partial charge in [0.15, 0.2) is 0 Å². The molecule has 0 spiro atoms. The van der Waals surface area contributed by atoms with E-state index >= 15 is 0 Å². The summed E-state index contributed by atoms with van der Waals surface area (Å²) in [5.74, 6) is 0.648. The monoisotopic (exact) mass is 282 g/mol. The third-order valence-electron chi connectivity index (χ3n) is 3.44. The predicted molar refractivity (Wildman–Crippen MR) is 71.0 cm³/mol. The van der Waals surface area contributed by atoms with Crippen molar-refractivity contribution in [2.75, 3.05) is 6.61 Å². The number of aryl methyl sites for hydroxylation is 1. The molecule has 2 heteroatoms. The number of hydrogen-bond acceptors (Lipinski definition) is 1. The van der Waals surface area contributed by atoms with E-state index in [2.05, 4.69) is 54.0 Å². The first-order valence-electron chi connectivity index (χ1n) is 6.07. The summed E-state index contributed by atoms with van der Waals surface area (Å²) in [7, 11) is 0. The van der Waals surface area contributed by atoms with Gasteiger partial charge in [0.05, 0.1) is 10.9 Å². The lowest BCUT2D eigenvalue weighted by Crippen LogP contribution is -2.19. The Morgan fingerprint density at radius 3 is 2.56 bits per heavy atom. The molecule has 0 saturated carbocycles. The van der Waals surface area contributed by atoms with Gasteiger partial charge < -0.3 is 4.74 Å². The van der Waals surface area contributed by atoms with Crippen molar-refractivity contribution in [3.05, 3.63) is 35.4 Å². The topological polar surface area (TPSA) is 9.23 Å². The second kappa shape index (κ2) is 5.33. The summed E-state index contributed by atoms with van der Waals surface area (Å²) in [6, 6.07) is 8.85. The van der Waals surface area contributed by atoms with Gasteiger partial charge in [-0.3, -0.25) is 0 Å². The van der Waals surface area contributed by atoms with E-state index in [0.29, 0.717) is 16.8 Å². The summed E-state index contributed by atoms with van der Waals surface area (Å²) in [6.07, 6.45) is 2.61. The van der Waals surface area contributed by atoms with E-state index in [0.717, 1.165) is 13.0 Å². The zero-order valence-electron chi connectivity index (χ0n) is 9.95. The molecule has 1 fully saturated rings. The van der Waals surface area contributed by atoms with Crippen LogP contribution in [0, 0.1) is 5.92 Å². The molecule has 1 aromatic carbocycles. The molecular weight excluding hydrogens is 264 g/mol. The smallest absolute Gasteiger partial charge is 0.0767 e. The first-order chi connectivity index (χ1) is 7.72. The quantitative estimate of drug-likeness (QED) is 0.758. The Hall–Kier alpha value is -0.340. The van der Waals surface area contributed by atoms with Crippen LogP contribution in [-0.4, -0.2) is 12.7 Å². The highest BCUT2D eigenvalue weighted by molar-refractivity contribution is 9.09. The molecule has 0 amide bonds. The molecule has 1 aliphatic heterocycles. The van der Waals surface area contributed by atoms with Gasteiger partial charge in [0.1, 0.15) is 0 Å². The van der Waals surface area contributed by atoms with Crippen LogP contribution >= 0.6 is 15.9 Å². The van der Waals surface area contributed by atoms with Gasteiger partial charge in [-0.25, -0.2) is 0 Å². The van der Waals surface area contributed by atoms with Crippen molar-refractivity contribution < 1.29 is 4.74 Å². The largest absolute Gasteiger partial charge is 0.376 e. The van der Waals surface area contributed by atoms with E-state index in [9.17, 15) is 0 Å². The Morgan fingerprint density at radius 1 is 1.38 bits per heavy atom. The van der Waals surface area contributed by atoms with Gasteiger partial charge in [-0.05, 0) is 29.9 Å². The average Bonchev–Trinajstić information content (AvgIpc) is 2.75. The molecule has 0 radical (unpaired) electrons. The van der Waals surface area contributed by atoms with E-state index in [1.54, 1.807) is 0 Å². The van der Waals surface area contributed by atoms with Crippen molar-refractivity contribution in [3.8, 4) is 0 Å². The highest BCUT2D eigenvalue weighted by Gasteiger charge is 2.31. The van der Waals surface area contributed by atoms with Crippen molar-refractivity contribution in [3.63, 3.8) is 0 Å². The Kier molecular flexibility index (Phi) is 4.04. The van der Waals surface area contributed by atoms with Gasteiger partial charge in [-0.1, -0.05) is 54.0 Å². The molecule has 0 bridgehead atoms. The molecular formula is C14H19BrO. The Balaban J connectivity index is 2.10. The summed E-state index contributed by atoms with van der Waals surface area (Å²) in [5.41, 5.74) is 2.72. The Labute approximate surface area is 106 Å².